The summed E-state index contributed by atoms with van der Waals surface area (Å²) in [7, 11) is 0. The first-order chi connectivity index (χ1) is 10.1. The van der Waals surface area contributed by atoms with Gasteiger partial charge in [-0.1, -0.05) is 6.92 Å². The van der Waals surface area contributed by atoms with E-state index < -0.39 is 0 Å². The van der Waals surface area contributed by atoms with Crippen molar-refractivity contribution >= 4 is 0 Å². The van der Waals surface area contributed by atoms with E-state index >= 15 is 0 Å². The Bertz CT molecular complexity index is 507. The second kappa shape index (κ2) is 6.01. The van der Waals surface area contributed by atoms with Crippen molar-refractivity contribution in [1.29, 1.82) is 0 Å². The lowest BCUT2D eigenvalue weighted by atomic mass is 9.78. The second-order valence-electron chi connectivity index (χ2n) is 6.59. The molecule has 1 aliphatic heterocycles. The zero-order chi connectivity index (χ0) is 14.9. The van der Waals surface area contributed by atoms with E-state index in [2.05, 4.69) is 26.1 Å². The summed E-state index contributed by atoms with van der Waals surface area (Å²) in [6.45, 7) is 9.18. The highest BCUT2D eigenvalue weighted by atomic mass is 16.5. The molecular formula is C17H27N3O. The third kappa shape index (κ3) is 2.84. The summed E-state index contributed by atoms with van der Waals surface area (Å²) < 4.78 is 6.21. The Balaban J connectivity index is 1.98. The number of ether oxygens (including phenoxy) is 1. The molecule has 1 aromatic heterocycles. The Hall–Kier alpha value is -1.00. The van der Waals surface area contributed by atoms with Crippen LogP contribution in [0.4, 0.5) is 0 Å². The van der Waals surface area contributed by atoms with E-state index in [9.17, 15) is 0 Å². The standard InChI is InChI=1S/C17H27N3O/c1-4-21-17(8-5-12(2)6-9-17)16-19-13(3)14-11-18-10-7-15(14)20-16/h12,18H,4-11H2,1-3H3. The van der Waals surface area contributed by atoms with Crippen molar-refractivity contribution < 1.29 is 4.74 Å². The van der Waals surface area contributed by atoms with Crippen molar-refractivity contribution in [2.24, 2.45) is 5.92 Å². The number of nitrogens with zero attached hydrogens (tertiary/aromatic N) is 2. The highest BCUT2D eigenvalue weighted by Crippen LogP contribution is 2.41. The predicted molar refractivity (Wildman–Crippen MR) is 83.1 cm³/mol. The van der Waals surface area contributed by atoms with Gasteiger partial charge in [-0.3, -0.25) is 0 Å². The molecule has 0 unspecified atom stereocenters. The maximum Gasteiger partial charge on any atom is 0.160 e. The summed E-state index contributed by atoms with van der Waals surface area (Å²) in [5.74, 6) is 1.73. The van der Waals surface area contributed by atoms with Gasteiger partial charge in [-0.2, -0.15) is 0 Å². The van der Waals surface area contributed by atoms with Crippen LogP contribution in [0.3, 0.4) is 0 Å². The number of nitrogens with one attached hydrogen (secondary N) is 1. The van der Waals surface area contributed by atoms with Gasteiger partial charge in [0.05, 0.1) is 5.69 Å². The molecule has 0 saturated heterocycles. The predicted octanol–water partition coefficient (Wildman–Crippen LogP) is 2.87. The zero-order valence-corrected chi connectivity index (χ0v) is 13.5. The molecule has 3 rings (SSSR count). The van der Waals surface area contributed by atoms with E-state index in [4.69, 9.17) is 14.7 Å². The average molecular weight is 289 g/mol. The van der Waals surface area contributed by atoms with Crippen LogP contribution in [0.1, 0.15) is 62.3 Å². The molecule has 1 aliphatic carbocycles. The van der Waals surface area contributed by atoms with E-state index in [1.54, 1.807) is 0 Å². The fourth-order valence-corrected chi connectivity index (χ4v) is 3.65. The van der Waals surface area contributed by atoms with Crippen molar-refractivity contribution in [1.82, 2.24) is 15.3 Å². The van der Waals surface area contributed by atoms with Crippen molar-refractivity contribution in [3.8, 4) is 0 Å². The highest BCUT2D eigenvalue weighted by Gasteiger charge is 2.40. The molecule has 1 N–H and O–H groups in total. The number of fused-ring (bicyclic) bond motifs is 1. The SMILES string of the molecule is CCOC1(c2nc(C)c3c(n2)CCNC3)CCC(C)CC1. The van der Waals surface area contributed by atoms with Crippen LogP contribution in [-0.2, 0) is 23.3 Å². The van der Waals surface area contributed by atoms with Crippen LogP contribution in [0, 0.1) is 12.8 Å². The number of rotatable bonds is 3. The molecule has 0 amide bonds. The Morgan fingerprint density at radius 3 is 2.76 bits per heavy atom. The third-order valence-corrected chi connectivity index (χ3v) is 5.05. The number of aromatic nitrogens is 2. The minimum Gasteiger partial charge on any atom is -0.367 e. The summed E-state index contributed by atoms with van der Waals surface area (Å²) in [5, 5.41) is 3.41. The molecule has 116 valence electrons. The van der Waals surface area contributed by atoms with Gasteiger partial charge in [0.1, 0.15) is 5.60 Å². The molecule has 2 aliphatic rings. The molecule has 1 fully saturated rings. The van der Waals surface area contributed by atoms with Gasteiger partial charge in [0.15, 0.2) is 5.82 Å². The van der Waals surface area contributed by atoms with Crippen molar-refractivity contribution in [2.75, 3.05) is 13.2 Å². The van der Waals surface area contributed by atoms with Gasteiger partial charge in [-0.05, 0) is 45.4 Å². The second-order valence-corrected chi connectivity index (χ2v) is 6.59. The average Bonchev–Trinajstić information content (AvgIpc) is 2.50. The first kappa shape index (κ1) is 14.9. The van der Waals surface area contributed by atoms with Gasteiger partial charge in [-0.25, -0.2) is 9.97 Å². The van der Waals surface area contributed by atoms with Gasteiger partial charge in [0.25, 0.3) is 0 Å². The summed E-state index contributed by atoms with van der Waals surface area (Å²) >= 11 is 0. The summed E-state index contributed by atoms with van der Waals surface area (Å²) in [5.41, 5.74) is 3.40. The quantitative estimate of drug-likeness (QED) is 0.929. The summed E-state index contributed by atoms with van der Waals surface area (Å²) in [6.07, 6.45) is 5.53. The fraction of sp³-hybridized carbons (Fsp3) is 0.765. The van der Waals surface area contributed by atoms with E-state index in [1.807, 2.05) is 0 Å². The molecule has 0 radical (unpaired) electrons. The lowest BCUT2D eigenvalue weighted by molar-refractivity contribution is -0.0839. The van der Waals surface area contributed by atoms with Crippen LogP contribution in [0.2, 0.25) is 0 Å². The molecule has 1 saturated carbocycles. The van der Waals surface area contributed by atoms with Crippen LogP contribution in [-0.4, -0.2) is 23.1 Å². The molecule has 0 atom stereocenters. The van der Waals surface area contributed by atoms with Crippen molar-refractivity contribution in [3.63, 3.8) is 0 Å². The molecule has 4 nitrogen and oxygen atoms in total. The Labute approximate surface area is 127 Å². The highest BCUT2D eigenvalue weighted by molar-refractivity contribution is 5.28. The first-order valence-corrected chi connectivity index (χ1v) is 8.36. The molecular weight excluding hydrogens is 262 g/mol. The summed E-state index contributed by atoms with van der Waals surface area (Å²) in [6, 6.07) is 0. The number of hydrogen-bond donors (Lipinski definition) is 1. The van der Waals surface area contributed by atoms with Crippen molar-refractivity contribution in [2.45, 2.75) is 65.0 Å². The largest absolute Gasteiger partial charge is 0.367 e. The Morgan fingerprint density at radius 1 is 1.29 bits per heavy atom. The van der Waals surface area contributed by atoms with Gasteiger partial charge >= 0.3 is 0 Å². The normalized spacial score (nSPS) is 29.2. The molecule has 0 spiro atoms. The maximum atomic E-state index is 6.21. The van der Waals surface area contributed by atoms with E-state index in [-0.39, 0.29) is 5.60 Å². The molecule has 21 heavy (non-hydrogen) atoms. The molecule has 4 heteroatoms. The van der Waals surface area contributed by atoms with Crippen LogP contribution in [0.25, 0.3) is 0 Å². The van der Waals surface area contributed by atoms with Gasteiger partial charge in [-0.15, -0.1) is 0 Å². The lowest BCUT2D eigenvalue weighted by Gasteiger charge is -2.38. The molecule has 0 aromatic carbocycles. The first-order valence-electron chi connectivity index (χ1n) is 8.36. The van der Waals surface area contributed by atoms with Gasteiger partial charge in [0, 0.05) is 37.4 Å². The molecule has 2 heterocycles. The zero-order valence-electron chi connectivity index (χ0n) is 13.5. The van der Waals surface area contributed by atoms with E-state index in [0.717, 1.165) is 56.4 Å². The maximum absolute atomic E-state index is 6.21. The third-order valence-electron chi connectivity index (χ3n) is 5.05. The van der Waals surface area contributed by atoms with Crippen LogP contribution in [0.5, 0.6) is 0 Å². The smallest absolute Gasteiger partial charge is 0.160 e. The lowest BCUT2D eigenvalue weighted by Crippen LogP contribution is -2.38. The van der Waals surface area contributed by atoms with Crippen LogP contribution < -0.4 is 5.32 Å². The van der Waals surface area contributed by atoms with E-state index in [0.29, 0.717) is 0 Å². The fourth-order valence-electron chi connectivity index (χ4n) is 3.65. The monoisotopic (exact) mass is 289 g/mol. The topological polar surface area (TPSA) is 47.0 Å². The van der Waals surface area contributed by atoms with E-state index in [1.165, 1.54) is 24.1 Å². The van der Waals surface area contributed by atoms with Crippen LogP contribution >= 0.6 is 0 Å². The molecule has 1 aromatic rings. The van der Waals surface area contributed by atoms with Gasteiger partial charge in [0.2, 0.25) is 0 Å². The number of aryl methyl sites for hydroxylation is 1. The number of hydrogen-bond acceptors (Lipinski definition) is 4. The van der Waals surface area contributed by atoms with Gasteiger partial charge < -0.3 is 10.1 Å². The Morgan fingerprint density at radius 2 is 2.05 bits per heavy atom. The molecule has 0 bridgehead atoms. The minimum atomic E-state index is -0.244. The summed E-state index contributed by atoms with van der Waals surface area (Å²) in [4.78, 5) is 9.79. The van der Waals surface area contributed by atoms with Crippen molar-refractivity contribution in [3.05, 3.63) is 22.8 Å². The Kier molecular flexibility index (Phi) is 4.27. The van der Waals surface area contributed by atoms with Crippen LogP contribution in [0.15, 0.2) is 0 Å². The minimum absolute atomic E-state index is 0.244.